The number of nitrogens with zero attached hydrogens (tertiary/aromatic N) is 4. The van der Waals surface area contributed by atoms with Crippen LogP contribution in [-0.2, 0) is 0 Å². The van der Waals surface area contributed by atoms with E-state index < -0.39 is 206 Å². The van der Waals surface area contributed by atoms with Gasteiger partial charge >= 0.3 is 0 Å². The van der Waals surface area contributed by atoms with Gasteiger partial charge in [-0.2, -0.15) is 0 Å². The molecule has 5 heterocycles. The zero-order valence-electron chi connectivity index (χ0n) is 34.9. The lowest BCUT2D eigenvalue weighted by Crippen LogP contribution is -2.11. The Bertz CT molecular complexity index is 4070. The Morgan fingerprint density at radius 3 is 0.961 bits per heavy atom. The molecule has 0 saturated carbocycles. The number of hydrogen-bond acceptors (Lipinski definition) is 2. The fourth-order valence-electron chi connectivity index (χ4n) is 7.86. The molecule has 77 heavy (non-hydrogen) atoms. The van der Waals surface area contributed by atoms with E-state index in [4.69, 9.17) is 0 Å². The number of benzene rings is 4. The van der Waals surface area contributed by atoms with E-state index in [1.165, 1.54) is 0 Å². The van der Waals surface area contributed by atoms with Gasteiger partial charge < -0.3 is 4.57 Å². The first kappa shape index (κ1) is 59.3. The predicted octanol–water partition coefficient (Wildman–Crippen LogP) is 20.0. The molecule has 9 rings (SSSR count). The van der Waals surface area contributed by atoms with Crippen LogP contribution in [0.15, 0.2) is 26.8 Å². The van der Waals surface area contributed by atoms with E-state index in [2.05, 4.69) is 138 Å². The largest absolute Gasteiger partial charge is 0.301 e. The first-order valence-corrected chi connectivity index (χ1v) is 25.5. The molecule has 0 N–H and O–H groups in total. The molecular formula is C44H3Br8ClF20N4. The molecule has 0 fully saturated rings. The summed E-state index contributed by atoms with van der Waals surface area (Å²) in [6.07, 6.45) is 1.90. The highest BCUT2D eigenvalue weighted by Crippen LogP contribution is 2.55. The van der Waals surface area contributed by atoms with Crippen LogP contribution in [0, 0.1) is 116 Å². The van der Waals surface area contributed by atoms with Crippen molar-refractivity contribution in [1.82, 2.24) is 18.1 Å². The van der Waals surface area contributed by atoms with Crippen LogP contribution in [0.25, 0.3) is 72.2 Å². The van der Waals surface area contributed by atoms with Gasteiger partial charge in [-0.15, -0.1) is 12.4 Å². The molecule has 0 spiro atoms. The van der Waals surface area contributed by atoms with Gasteiger partial charge in [-0.05, 0) is 124 Å². The Labute approximate surface area is 485 Å². The van der Waals surface area contributed by atoms with Crippen molar-refractivity contribution in [3.8, 4) is 27.9 Å². The number of aromatic nitrogens is 4. The van der Waals surface area contributed by atoms with Crippen LogP contribution in [0.1, 0.15) is 28.3 Å². The van der Waals surface area contributed by atoms with Crippen molar-refractivity contribution in [2.45, 2.75) is 0 Å². The third-order valence-electron chi connectivity index (χ3n) is 11.2. The van der Waals surface area contributed by atoms with Crippen LogP contribution >= 0.6 is 140 Å². The average Bonchev–Trinajstić information content (AvgIpc) is 4.31. The van der Waals surface area contributed by atoms with Gasteiger partial charge in [0.05, 0.1) is 109 Å². The van der Waals surface area contributed by atoms with Crippen molar-refractivity contribution in [3.05, 3.63) is 172 Å². The van der Waals surface area contributed by atoms with E-state index in [1.54, 1.807) is 0 Å². The average molecular weight is 1640 g/mol. The number of halogens is 29. The molecule has 2 aliphatic rings. The molecule has 0 unspecified atom stereocenters. The molecule has 0 amide bonds. The summed E-state index contributed by atoms with van der Waals surface area (Å²) < 4.78 is 313. The molecule has 4 nitrogen and oxygen atoms in total. The van der Waals surface area contributed by atoms with Gasteiger partial charge in [0.2, 0.25) is 23.3 Å². The summed E-state index contributed by atoms with van der Waals surface area (Å²) in [5, 5.41) is 0. The minimum Gasteiger partial charge on any atom is -0.301 e. The topological polar surface area (TPSA) is 35.6 Å². The SMILES string of the molecule is Cl.Fc1c(F)c(F)c(C2=C(Br)c3nc2c(Br)c2c(-c4c(F)c(F)c(F)c(F)c4F)c(-c4c(F)c(F)c(F)c(F)c4F)c(c(Br)c4nc(c(Br)c5c(Br)c(Br)c(c3Br)n5Br)C=C4)n2-c2c(F)c(F)c(F)c(F)c2F)c(F)c1F. The van der Waals surface area contributed by atoms with Gasteiger partial charge in [0.15, 0.2) is 93.1 Å². The molecule has 8 bridgehead atoms. The fraction of sp³-hybridized carbons (Fsp3) is 0. The maximum Gasteiger partial charge on any atom is 0.200 e. The van der Waals surface area contributed by atoms with E-state index in [1.807, 2.05) is 0 Å². The van der Waals surface area contributed by atoms with Crippen LogP contribution < -0.4 is 0 Å². The lowest BCUT2D eigenvalue weighted by atomic mass is 9.93. The van der Waals surface area contributed by atoms with Crippen molar-refractivity contribution in [2.75, 3.05) is 0 Å². The van der Waals surface area contributed by atoms with Gasteiger partial charge in [0, 0.05) is 16.7 Å². The highest BCUT2D eigenvalue weighted by atomic mass is 79.9. The summed E-state index contributed by atoms with van der Waals surface area (Å²) in [4.78, 5) is 8.45. The number of fused-ring (bicyclic) bond motifs is 8. The van der Waals surface area contributed by atoms with Crippen molar-refractivity contribution in [2.24, 2.45) is 0 Å². The standard InChI is InChI=1S/C44H2Br8F20N4.ClH/c45-11-3-1-2-4(73-3)12(46)42-14(48)15(49)43(76(42)52)17(51)39-13(47)7(10-22(57)28(63)32(67)29(64)23(10)58)38(74-39)16(50)41-6(9-20(55)26(61)31(66)27(62)21(9)56)5(8-18(53)24(59)30(65)25(60)19(8)54)40(11)75(41)44-36(71)34(69)33(68)35(70)37(44)72;/h1-2H;1H. The second-order valence-corrected chi connectivity index (χ2v) is 21.4. The smallest absolute Gasteiger partial charge is 0.200 e. The maximum absolute atomic E-state index is 16.8. The van der Waals surface area contributed by atoms with Crippen LogP contribution in [0.4, 0.5) is 87.8 Å². The van der Waals surface area contributed by atoms with Crippen molar-refractivity contribution >= 4 is 184 Å². The summed E-state index contributed by atoms with van der Waals surface area (Å²) in [5.74, 6) is -59.4. The number of rotatable bonds is 4. The lowest BCUT2D eigenvalue weighted by molar-refractivity contribution is 0.376. The summed E-state index contributed by atoms with van der Waals surface area (Å²) in [6.45, 7) is 0. The maximum atomic E-state index is 16.8. The summed E-state index contributed by atoms with van der Waals surface area (Å²) >= 11 is 25.0. The van der Waals surface area contributed by atoms with Crippen molar-refractivity contribution in [1.29, 1.82) is 0 Å². The fourth-order valence-corrected chi connectivity index (χ4v) is 14.6. The molecule has 2 aliphatic heterocycles. The minimum absolute atomic E-state index is 0. The second-order valence-electron chi connectivity index (χ2n) is 15.1. The Morgan fingerprint density at radius 2 is 0.584 bits per heavy atom. The first-order chi connectivity index (χ1) is 35.4. The molecule has 4 aromatic carbocycles. The Kier molecular flexibility index (Phi) is 16.1. The molecule has 33 heteroatoms. The van der Waals surface area contributed by atoms with E-state index in [9.17, 15) is 17.6 Å². The van der Waals surface area contributed by atoms with Gasteiger partial charge in [-0.3, -0.25) is 3.59 Å². The first-order valence-electron chi connectivity index (χ1n) is 19.2. The van der Waals surface area contributed by atoms with E-state index in [0.29, 0.717) is 0 Å². The molecular weight excluding hydrogens is 1640 g/mol. The summed E-state index contributed by atoms with van der Waals surface area (Å²) in [5.41, 5.74) is -23.3. The lowest BCUT2D eigenvalue weighted by Gasteiger charge is -2.15. The predicted molar refractivity (Wildman–Crippen MR) is 268 cm³/mol. The van der Waals surface area contributed by atoms with E-state index in [0.717, 1.165) is 15.7 Å². The number of hydrogen-bond donors (Lipinski definition) is 0. The van der Waals surface area contributed by atoms with E-state index >= 15 is 70.2 Å². The quantitative estimate of drug-likeness (QED) is 0.100. The van der Waals surface area contributed by atoms with Crippen LogP contribution in [0.5, 0.6) is 0 Å². The summed E-state index contributed by atoms with van der Waals surface area (Å²) in [6, 6.07) is 0. The molecule has 402 valence electrons. The van der Waals surface area contributed by atoms with Gasteiger partial charge in [0.1, 0.15) is 5.69 Å². The van der Waals surface area contributed by atoms with Crippen LogP contribution in [-0.4, -0.2) is 18.1 Å². The second kappa shape index (κ2) is 20.9. The molecule has 3 aromatic heterocycles. The molecule has 0 radical (unpaired) electrons. The monoisotopic (exact) mass is 1630 g/mol. The van der Waals surface area contributed by atoms with Crippen LogP contribution in [0.2, 0.25) is 0 Å². The van der Waals surface area contributed by atoms with Gasteiger partial charge in [-0.25, -0.2) is 97.8 Å². The van der Waals surface area contributed by atoms with Crippen molar-refractivity contribution in [3.63, 3.8) is 0 Å². The third kappa shape index (κ3) is 8.45. The third-order valence-corrected chi connectivity index (χ3v) is 17.8. The molecule has 0 aliphatic carbocycles. The van der Waals surface area contributed by atoms with E-state index in [-0.39, 0.29) is 42.6 Å². The van der Waals surface area contributed by atoms with Gasteiger partial charge in [-0.1, -0.05) is 0 Å². The zero-order chi connectivity index (χ0) is 56.2. The zero-order valence-corrected chi connectivity index (χ0v) is 48.4. The Morgan fingerprint density at radius 1 is 0.299 bits per heavy atom. The molecule has 0 atom stereocenters. The molecule has 0 saturated heterocycles. The highest BCUT2D eigenvalue weighted by Gasteiger charge is 2.42. The highest BCUT2D eigenvalue weighted by molar-refractivity contribution is 9.15. The van der Waals surface area contributed by atoms with Gasteiger partial charge in [0.25, 0.3) is 0 Å². The normalized spacial score (nSPS) is 12.5. The Balaban J connectivity index is 0.00000784. The van der Waals surface area contributed by atoms with Crippen molar-refractivity contribution < 1.29 is 87.8 Å². The summed E-state index contributed by atoms with van der Waals surface area (Å²) in [7, 11) is 0. The molecule has 7 aromatic rings. The minimum atomic E-state index is -3.10. The Hall–Kier alpha value is -3.79. The van der Waals surface area contributed by atoms with Crippen LogP contribution in [0.3, 0.4) is 0 Å².